The Bertz CT molecular complexity index is 986. The Kier molecular flexibility index (Phi) is 12.7. The van der Waals surface area contributed by atoms with Gasteiger partial charge < -0.3 is 10.6 Å². The summed E-state index contributed by atoms with van der Waals surface area (Å²) < 4.78 is 0. The third kappa shape index (κ3) is 9.56. The largest absolute Gasteiger partial charge is 0.385 e. The number of rotatable bonds is 9. The molecule has 0 saturated heterocycles. The van der Waals surface area contributed by atoms with Crippen LogP contribution >= 0.6 is 0 Å². The summed E-state index contributed by atoms with van der Waals surface area (Å²) in [4.78, 5) is 4.32. The molecule has 2 N–H and O–H groups in total. The fourth-order valence-corrected chi connectivity index (χ4v) is 2.92. The number of aliphatic imine (C=N–C) groups is 1. The van der Waals surface area contributed by atoms with E-state index in [9.17, 15) is 0 Å². The minimum absolute atomic E-state index is 0.883. The van der Waals surface area contributed by atoms with E-state index < -0.39 is 0 Å². The molecular formula is C29H37N3. The summed E-state index contributed by atoms with van der Waals surface area (Å²) in [5, 5.41) is 6.83. The lowest BCUT2D eigenvalue weighted by atomic mass is 10.1. The van der Waals surface area contributed by atoms with E-state index in [4.69, 9.17) is 6.42 Å². The molecule has 2 rings (SSSR count). The molecule has 2 aromatic rings. The van der Waals surface area contributed by atoms with Crippen LogP contribution in [0, 0.1) is 19.3 Å². The molecule has 0 saturated carbocycles. The molecule has 0 aliphatic carbocycles. The SMILES string of the molecule is C#Cc1cccc(C=C=C)c1.C=C(NCCCC)c1ccc(C)c(NC(CCC)=NC)c1. The molecule has 0 amide bonds. The first-order valence-electron chi connectivity index (χ1n) is 11.2. The van der Waals surface area contributed by atoms with Gasteiger partial charge in [-0.3, -0.25) is 4.99 Å². The van der Waals surface area contributed by atoms with Crippen molar-refractivity contribution in [3.05, 3.63) is 83.6 Å². The Morgan fingerprint density at radius 3 is 2.56 bits per heavy atom. The maximum atomic E-state index is 5.21. The van der Waals surface area contributed by atoms with E-state index in [0.29, 0.717) is 0 Å². The predicted octanol–water partition coefficient (Wildman–Crippen LogP) is 7.06. The van der Waals surface area contributed by atoms with Gasteiger partial charge in [-0.2, -0.15) is 0 Å². The van der Waals surface area contributed by atoms with E-state index in [0.717, 1.165) is 53.3 Å². The Labute approximate surface area is 195 Å². The monoisotopic (exact) mass is 427 g/mol. The molecule has 0 heterocycles. The van der Waals surface area contributed by atoms with Gasteiger partial charge in [0.1, 0.15) is 5.84 Å². The van der Waals surface area contributed by atoms with Gasteiger partial charge in [-0.25, -0.2) is 0 Å². The Hall–Kier alpha value is -3.47. The van der Waals surface area contributed by atoms with Crippen molar-refractivity contribution in [2.75, 3.05) is 18.9 Å². The van der Waals surface area contributed by atoms with Crippen LogP contribution in [0.15, 0.2) is 66.3 Å². The van der Waals surface area contributed by atoms with Crippen molar-refractivity contribution < 1.29 is 0 Å². The van der Waals surface area contributed by atoms with Gasteiger partial charge in [0, 0.05) is 37.0 Å². The second-order valence-corrected chi connectivity index (χ2v) is 7.45. The van der Waals surface area contributed by atoms with Crippen molar-refractivity contribution in [1.82, 2.24) is 5.32 Å². The highest BCUT2D eigenvalue weighted by Gasteiger charge is 2.05. The molecule has 0 bridgehead atoms. The van der Waals surface area contributed by atoms with Crippen LogP contribution in [0.3, 0.4) is 0 Å². The lowest BCUT2D eigenvalue weighted by molar-refractivity contribution is 0.745. The first-order chi connectivity index (χ1) is 15.5. The highest BCUT2D eigenvalue weighted by molar-refractivity contribution is 5.96. The van der Waals surface area contributed by atoms with Crippen molar-refractivity contribution in [3.8, 4) is 12.3 Å². The minimum atomic E-state index is 0.883. The third-order valence-electron chi connectivity index (χ3n) is 4.81. The van der Waals surface area contributed by atoms with Crippen LogP contribution in [-0.2, 0) is 0 Å². The number of hydrogen-bond acceptors (Lipinski definition) is 2. The summed E-state index contributed by atoms with van der Waals surface area (Å²) in [6.07, 6.45) is 11.4. The number of nitrogens with one attached hydrogen (secondary N) is 2. The van der Waals surface area contributed by atoms with Gasteiger partial charge in [0.25, 0.3) is 0 Å². The van der Waals surface area contributed by atoms with Gasteiger partial charge in [-0.1, -0.05) is 63.6 Å². The number of benzene rings is 2. The summed E-state index contributed by atoms with van der Waals surface area (Å²) in [6, 6.07) is 14.1. The first kappa shape index (κ1) is 26.6. The lowest BCUT2D eigenvalue weighted by Crippen LogP contribution is -2.15. The predicted molar refractivity (Wildman–Crippen MR) is 143 cm³/mol. The van der Waals surface area contributed by atoms with Crippen molar-refractivity contribution in [2.45, 2.75) is 46.5 Å². The molecule has 2 aromatic carbocycles. The van der Waals surface area contributed by atoms with Crippen LogP contribution in [0.25, 0.3) is 11.8 Å². The minimum Gasteiger partial charge on any atom is -0.385 e. The topological polar surface area (TPSA) is 36.4 Å². The van der Waals surface area contributed by atoms with Gasteiger partial charge in [-0.15, -0.1) is 12.2 Å². The molecule has 0 unspecified atom stereocenters. The van der Waals surface area contributed by atoms with Crippen molar-refractivity contribution in [1.29, 1.82) is 0 Å². The van der Waals surface area contributed by atoms with Gasteiger partial charge in [-0.05, 0) is 60.7 Å². The smallest absolute Gasteiger partial charge is 0.100 e. The number of aryl methyl sites for hydroxylation is 1. The Balaban J connectivity index is 0.000000389. The summed E-state index contributed by atoms with van der Waals surface area (Å²) in [5.41, 5.74) is 9.06. The van der Waals surface area contributed by atoms with E-state index in [1.165, 1.54) is 18.4 Å². The second-order valence-electron chi connectivity index (χ2n) is 7.45. The number of nitrogens with zero attached hydrogens (tertiary/aromatic N) is 1. The van der Waals surface area contributed by atoms with Crippen LogP contribution in [0.1, 0.15) is 61.8 Å². The molecule has 0 atom stereocenters. The third-order valence-corrected chi connectivity index (χ3v) is 4.81. The lowest BCUT2D eigenvalue weighted by Gasteiger charge is -2.15. The summed E-state index contributed by atoms with van der Waals surface area (Å²) in [5.74, 6) is 3.59. The molecule has 0 aliphatic rings. The molecule has 0 fully saturated rings. The number of hydrogen-bond donors (Lipinski definition) is 2. The van der Waals surface area contributed by atoms with Crippen molar-refractivity contribution in [3.63, 3.8) is 0 Å². The zero-order valence-corrected chi connectivity index (χ0v) is 20.1. The maximum absolute atomic E-state index is 5.21. The zero-order chi connectivity index (χ0) is 23.8. The molecule has 0 aliphatic heterocycles. The average molecular weight is 428 g/mol. The Morgan fingerprint density at radius 2 is 1.94 bits per heavy atom. The molecule has 0 aromatic heterocycles. The maximum Gasteiger partial charge on any atom is 0.100 e. The molecule has 0 spiro atoms. The second kappa shape index (κ2) is 15.3. The first-order valence-corrected chi connectivity index (χ1v) is 11.2. The van der Waals surface area contributed by atoms with Crippen LogP contribution in [0.4, 0.5) is 5.69 Å². The van der Waals surface area contributed by atoms with E-state index >= 15 is 0 Å². The molecule has 3 nitrogen and oxygen atoms in total. The quantitative estimate of drug-likeness (QED) is 0.148. The van der Waals surface area contributed by atoms with Gasteiger partial charge in [0.05, 0.1) is 0 Å². The standard InChI is InChI=1S/C18H29N3.C11H8/c1-6-8-12-20-15(4)16-11-10-14(3)17(13-16)21-18(19-5)9-7-2;1-3-6-11-8-5-7-10(4-2)9-11/h10-11,13,20H,4,6-9,12H2,1-3,5H3,(H,19,21);2,5-9H,1H2. The fraction of sp³-hybridized carbons (Fsp3) is 0.310. The number of unbranched alkanes of at least 4 members (excludes halogenated alkanes) is 1. The van der Waals surface area contributed by atoms with E-state index in [1.54, 1.807) is 6.08 Å². The van der Waals surface area contributed by atoms with Crippen LogP contribution < -0.4 is 10.6 Å². The fourth-order valence-electron chi connectivity index (χ4n) is 2.92. The number of terminal acetylenes is 1. The molecular weight excluding hydrogens is 390 g/mol. The summed E-state index contributed by atoms with van der Waals surface area (Å²) >= 11 is 0. The van der Waals surface area contributed by atoms with Crippen molar-refractivity contribution >= 4 is 23.3 Å². The number of amidine groups is 1. The average Bonchev–Trinajstić information content (AvgIpc) is 2.81. The van der Waals surface area contributed by atoms with E-state index in [1.807, 2.05) is 31.3 Å². The Morgan fingerprint density at radius 1 is 1.16 bits per heavy atom. The van der Waals surface area contributed by atoms with E-state index in [2.05, 4.69) is 79.4 Å². The highest BCUT2D eigenvalue weighted by Crippen LogP contribution is 2.21. The summed E-state index contributed by atoms with van der Waals surface area (Å²) in [6.45, 7) is 15.1. The van der Waals surface area contributed by atoms with Crippen LogP contribution in [0.5, 0.6) is 0 Å². The van der Waals surface area contributed by atoms with Gasteiger partial charge in [0.2, 0.25) is 0 Å². The highest BCUT2D eigenvalue weighted by atomic mass is 15.0. The zero-order valence-electron chi connectivity index (χ0n) is 20.1. The van der Waals surface area contributed by atoms with E-state index in [-0.39, 0.29) is 0 Å². The molecule has 32 heavy (non-hydrogen) atoms. The van der Waals surface area contributed by atoms with Crippen LogP contribution in [0.2, 0.25) is 0 Å². The van der Waals surface area contributed by atoms with Gasteiger partial charge in [0.15, 0.2) is 0 Å². The molecule has 168 valence electrons. The summed E-state index contributed by atoms with van der Waals surface area (Å²) in [7, 11) is 1.84. The number of anilines is 1. The van der Waals surface area contributed by atoms with Gasteiger partial charge >= 0.3 is 0 Å². The molecule has 0 radical (unpaired) electrons. The normalized spacial score (nSPS) is 10.2. The van der Waals surface area contributed by atoms with Crippen LogP contribution in [-0.4, -0.2) is 19.4 Å². The molecule has 3 heteroatoms. The van der Waals surface area contributed by atoms with Crippen molar-refractivity contribution in [2.24, 2.45) is 4.99 Å².